The molecule has 1 fully saturated rings. The molecule has 0 bridgehead atoms. The number of ether oxygens (including phenoxy) is 1. The molecule has 1 N–H and O–H groups in total. The predicted molar refractivity (Wildman–Crippen MR) is 94.1 cm³/mol. The van der Waals surface area contributed by atoms with Gasteiger partial charge < -0.3 is 19.5 Å². The van der Waals surface area contributed by atoms with E-state index in [-0.39, 0.29) is 18.1 Å². The van der Waals surface area contributed by atoms with E-state index in [2.05, 4.69) is 22.6 Å². The third-order valence-electron chi connectivity index (χ3n) is 4.24. The van der Waals surface area contributed by atoms with Crippen molar-refractivity contribution < 1.29 is 14.1 Å². The number of likely N-dealkylation sites (tertiary alicyclic amines) is 1. The Kier molecular flexibility index (Phi) is 5.08. The summed E-state index contributed by atoms with van der Waals surface area (Å²) in [4.78, 5) is 14.2. The molecule has 1 saturated heterocycles. The van der Waals surface area contributed by atoms with Crippen molar-refractivity contribution in [2.24, 2.45) is 0 Å². The highest BCUT2D eigenvalue weighted by Crippen LogP contribution is 2.29. The summed E-state index contributed by atoms with van der Waals surface area (Å²) in [6, 6.07) is 12.2. The summed E-state index contributed by atoms with van der Waals surface area (Å²) in [5.41, 5.74) is 1.57. The maximum Gasteiger partial charge on any atom is 0.410 e. The Balaban J connectivity index is 1.72. The number of carbonyl (C=O) groups is 1. The van der Waals surface area contributed by atoms with E-state index >= 15 is 0 Å². The molecule has 1 aliphatic rings. The Morgan fingerprint density at radius 2 is 2.04 bits per heavy atom. The summed E-state index contributed by atoms with van der Waals surface area (Å²) in [6.07, 6.45) is 1.30. The molecule has 2 aromatic rings. The Bertz CT molecular complexity index is 680. The van der Waals surface area contributed by atoms with Crippen LogP contribution in [0.5, 0.6) is 0 Å². The fourth-order valence-corrected chi connectivity index (χ4v) is 3.09. The average Bonchev–Trinajstić information content (AvgIpc) is 3.22. The lowest BCUT2D eigenvalue weighted by Crippen LogP contribution is -2.38. The summed E-state index contributed by atoms with van der Waals surface area (Å²) < 4.78 is 10.4. The van der Waals surface area contributed by atoms with Crippen LogP contribution in [0.1, 0.15) is 37.9 Å². The average molecular weight is 343 g/mol. The molecule has 2 atom stereocenters. The van der Waals surface area contributed by atoms with Crippen molar-refractivity contribution in [1.29, 1.82) is 0 Å². The molecule has 1 aromatic heterocycles. The van der Waals surface area contributed by atoms with Gasteiger partial charge in [0.05, 0.1) is 5.69 Å². The van der Waals surface area contributed by atoms with Gasteiger partial charge in [-0.1, -0.05) is 35.5 Å². The number of rotatable bonds is 4. The van der Waals surface area contributed by atoms with E-state index < -0.39 is 5.60 Å². The van der Waals surface area contributed by atoms with Crippen molar-refractivity contribution in [2.75, 3.05) is 13.1 Å². The molecule has 0 radical (unpaired) electrons. The van der Waals surface area contributed by atoms with Crippen LogP contribution in [-0.4, -0.2) is 40.9 Å². The summed E-state index contributed by atoms with van der Waals surface area (Å²) in [7, 11) is 0. The highest BCUT2D eigenvalue weighted by Gasteiger charge is 2.37. The maximum absolute atomic E-state index is 12.5. The number of hydrogen-bond donors (Lipinski definition) is 1. The van der Waals surface area contributed by atoms with Gasteiger partial charge in [0, 0.05) is 37.7 Å². The minimum Gasteiger partial charge on any atom is -0.444 e. The third kappa shape index (κ3) is 4.60. The first-order chi connectivity index (χ1) is 11.9. The van der Waals surface area contributed by atoms with Crippen molar-refractivity contribution >= 4 is 6.09 Å². The topological polar surface area (TPSA) is 67.6 Å². The molecule has 0 saturated carbocycles. The number of carbonyl (C=O) groups excluding carboxylic acids is 1. The van der Waals surface area contributed by atoms with Crippen LogP contribution in [0.3, 0.4) is 0 Å². The summed E-state index contributed by atoms with van der Waals surface area (Å²) in [5.74, 6) is 0.209. The van der Waals surface area contributed by atoms with Crippen LogP contribution in [0.2, 0.25) is 0 Å². The molecule has 1 aromatic carbocycles. The monoisotopic (exact) mass is 343 g/mol. The first kappa shape index (κ1) is 17.5. The van der Waals surface area contributed by atoms with Crippen LogP contribution in [0.25, 0.3) is 0 Å². The summed E-state index contributed by atoms with van der Waals surface area (Å²) >= 11 is 0. The van der Waals surface area contributed by atoms with Crippen LogP contribution in [0.4, 0.5) is 4.79 Å². The first-order valence-electron chi connectivity index (χ1n) is 8.58. The largest absolute Gasteiger partial charge is 0.444 e. The SMILES string of the molecule is CC(C)(C)OC(=O)N1C[C@@H](NCc2ccon2)[C@H](c2ccccc2)C1. The number of amides is 1. The molecule has 0 aliphatic carbocycles. The highest BCUT2D eigenvalue weighted by molar-refractivity contribution is 5.69. The number of hydrogen-bond acceptors (Lipinski definition) is 5. The minimum atomic E-state index is -0.494. The number of benzene rings is 1. The molecule has 25 heavy (non-hydrogen) atoms. The van der Waals surface area contributed by atoms with Gasteiger partial charge in [0.25, 0.3) is 0 Å². The van der Waals surface area contributed by atoms with E-state index in [1.54, 1.807) is 11.2 Å². The van der Waals surface area contributed by atoms with Gasteiger partial charge in [-0.3, -0.25) is 0 Å². The zero-order valence-corrected chi connectivity index (χ0v) is 14.9. The number of nitrogens with one attached hydrogen (secondary N) is 1. The predicted octanol–water partition coefficient (Wildman–Crippen LogP) is 3.17. The van der Waals surface area contributed by atoms with E-state index in [1.165, 1.54) is 5.56 Å². The Morgan fingerprint density at radius 3 is 2.68 bits per heavy atom. The van der Waals surface area contributed by atoms with Crippen molar-refractivity contribution in [1.82, 2.24) is 15.4 Å². The van der Waals surface area contributed by atoms with Crippen LogP contribution < -0.4 is 5.32 Å². The molecular formula is C19H25N3O3. The molecule has 2 heterocycles. The van der Waals surface area contributed by atoms with Gasteiger partial charge in [-0.15, -0.1) is 0 Å². The molecule has 3 rings (SSSR count). The van der Waals surface area contributed by atoms with Crippen LogP contribution >= 0.6 is 0 Å². The second-order valence-corrected chi connectivity index (χ2v) is 7.38. The lowest BCUT2D eigenvalue weighted by Gasteiger charge is -2.24. The van der Waals surface area contributed by atoms with E-state index in [1.807, 2.05) is 45.0 Å². The lowest BCUT2D eigenvalue weighted by molar-refractivity contribution is 0.0289. The highest BCUT2D eigenvalue weighted by atomic mass is 16.6. The molecule has 6 nitrogen and oxygen atoms in total. The molecular weight excluding hydrogens is 318 g/mol. The summed E-state index contributed by atoms with van der Waals surface area (Å²) in [5, 5.41) is 7.44. The lowest BCUT2D eigenvalue weighted by atomic mass is 9.94. The first-order valence-corrected chi connectivity index (χ1v) is 8.58. The number of aromatic nitrogens is 1. The number of nitrogens with zero attached hydrogens (tertiary/aromatic N) is 2. The van der Waals surface area contributed by atoms with Crippen molar-refractivity contribution in [3.63, 3.8) is 0 Å². The van der Waals surface area contributed by atoms with Gasteiger partial charge in [-0.25, -0.2) is 4.79 Å². The molecule has 1 amide bonds. The molecule has 0 spiro atoms. The molecule has 1 aliphatic heterocycles. The maximum atomic E-state index is 12.5. The van der Waals surface area contributed by atoms with Gasteiger partial charge in [-0.2, -0.15) is 0 Å². The van der Waals surface area contributed by atoms with Gasteiger partial charge >= 0.3 is 6.09 Å². The van der Waals surface area contributed by atoms with Gasteiger partial charge in [0.15, 0.2) is 0 Å². The Morgan fingerprint density at radius 1 is 1.28 bits per heavy atom. The quantitative estimate of drug-likeness (QED) is 0.923. The fourth-order valence-electron chi connectivity index (χ4n) is 3.09. The molecule has 134 valence electrons. The van der Waals surface area contributed by atoms with Crippen LogP contribution in [0, 0.1) is 0 Å². The van der Waals surface area contributed by atoms with Crippen molar-refractivity contribution in [3.8, 4) is 0 Å². The molecule has 0 unspecified atom stereocenters. The van der Waals surface area contributed by atoms with E-state index in [0.29, 0.717) is 19.6 Å². The zero-order valence-electron chi connectivity index (χ0n) is 14.9. The Hall–Kier alpha value is -2.34. The van der Waals surface area contributed by atoms with Crippen LogP contribution in [-0.2, 0) is 11.3 Å². The van der Waals surface area contributed by atoms with Gasteiger partial charge in [0.1, 0.15) is 11.9 Å². The van der Waals surface area contributed by atoms with Crippen molar-refractivity contribution in [2.45, 2.75) is 44.9 Å². The summed E-state index contributed by atoms with van der Waals surface area (Å²) in [6.45, 7) is 7.50. The van der Waals surface area contributed by atoms with Crippen molar-refractivity contribution in [3.05, 3.63) is 53.9 Å². The standard InChI is InChI=1S/C19H25N3O3/c1-19(2,3)25-18(23)22-12-16(14-7-5-4-6-8-14)17(13-22)20-11-15-9-10-24-21-15/h4-10,16-17,20H,11-13H2,1-3H3/t16-,17+/m0/s1. The minimum absolute atomic E-state index is 0.131. The fraction of sp³-hybridized carbons (Fsp3) is 0.474. The van der Waals surface area contributed by atoms with E-state index in [9.17, 15) is 4.79 Å². The second-order valence-electron chi connectivity index (χ2n) is 7.38. The molecule has 6 heteroatoms. The van der Waals surface area contributed by atoms with E-state index in [0.717, 1.165) is 5.69 Å². The van der Waals surface area contributed by atoms with Crippen LogP contribution in [0.15, 0.2) is 47.2 Å². The second kappa shape index (κ2) is 7.27. The van der Waals surface area contributed by atoms with Gasteiger partial charge in [0.2, 0.25) is 0 Å². The van der Waals surface area contributed by atoms with E-state index in [4.69, 9.17) is 9.26 Å². The smallest absolute Gasteiger partial charge is 0.410 e. The van der Waals surface area contributed by atoms with Gasteiger partial charge in [-0.05, 0) is 26.3 Å². The third-order valence-corrected chi connectivity index (χ3v) is 4.24. The zero-order chi connectivity index (χ0) is 17.9. The Labute approximate surface area is 148 Å². The normalized spacial score (nSPS) is 20.7.